The van der Waals surface area contributed by atoms with Crippen LogP contribution in [0.15, 0.2) is 36.8 Å². The molecule has 1 aliphatic rings. The maximum absolute atomic E-state index is 13.9. The zero-order valence-corrected chi connectivity index (χ0v) is 32.1. The lowest BCUT2D eigenvalue weighted by molar-refractivity contribution is -0.140. The van der Waals surface area contributed by atoms with Gasteiger partial charge in [0.2, 0.25) is 41.4 Å². The molecule has 2 aromatic rings. The van der Waals surface area contributed by atoms with E-state index in [2.05, 4.69) is 41.9 Å². The van der Waals surface area contributed by atoms with Gasteiger partial charge in [-0.1, -0.05) is 12.1 Å². The molecule has 22 nitrogen and oxygen atoms in total. The summed E-state index contributed by atoms with van der Waals surface area (Å²) in [6, 6.07) is -1.40. The molecule has 0 radical (unpaired) electrons. The maximum Gasteiger partial charge on any atom is 0.322 e. The molecular weight excluding hydrogens is 762 g/mol. The second-order valence-corrected chi connectivity index (χ2v) is 13.7. The number of aromatic amines is 1. The summed E-state index contributed by atoms with van der Waals surface area (Å²) < 4.78 is 0. The summed E-state index contributed by atoms with van der Waals surface area (Å²) >= 11 is 0. The Bertz CT molecular complexity index is 1720. The molecule has 0 bridgehead atoms. The molecule has 3 rings (SSSR count). The molecule has 1 aromatic carbocycles. The number of carboxylic acid groups (broad SMARTS) is 1. The Labute approximate surface area is 333 Å². The van der Waals surface area contributed by atoms with Gasteiger partial charge in [0.1, 0.15) is 42.5 Å². The van der Waals surface area contributed by atoms with Crippen molar-refractivity contribution in [3.8, 4) is 5.75 Å². The molecule has 1 aliphatic heterocycles. The fraction of sp³-hybridized carbons (Fsp3) is 0.528. The van der Waals surface area contributed by atoms with Gasteiger partial charge in [0, 0.05) is 31.3 Å². The maximum atomic E-state index is 13.9. The highest BCUT2D eigenvalue weighted by Gasteiger charge is 2.37. The van der Waals surface area contributed by atoms with Crippen molar-refractivity contribution in [2.75, 3.05) is 32.8 Å². The van der Waals surface area contributed by atoms with Crippen LogP contribution < -0.4 is 43.4 Å². The first-order valence-electron chi connectivity index (χ1n) is 18.7. The molecule has 1 fully saturated rings. The zero-order valence-electron chi connectivity index (χ0n) is 32.1. The third kappa shape index (κ3) is 14.7. The van der Waals surface area contributed by atoms with Crippen LogP contribution in [-0.4, -0.2) is 147 Å². The summed E-state index contributed by atoms with van der Waals surface area (Å²) in [6.07, 6.45) is 4.31. The largest absolute Gasteiger partial charge is 0.508 e. The smallest absolute Gasteiger partial charge is 0.322 e. The Kier molecular flexibility index (Phi) is 18.5. The van der Waals surface area contributed by atoms with Crippen molar-refractivity contribution in [2.45, 2.75) is 88.1 Å². The predicted octanol–water partition coefficient (Wildman–Crippen LogP) is -4.38. The van der Waals surface area contributed by atoms with Gasteiger partial charge >= 0.3 is 5.97 Å². The number of phenols is 1. The van der Waals surface area contributed by atoms with Crippen LogP contribution in [0.3, 0.4) is 0 Å². The van der Waals surface area contributed by atoms with Gasteiger partial charge in [-0.2, -0.15) is 0 Å². The number of hydrogen-bond donors (Lipinski definition) is 12. The third-order valence-electron chi connectivity index (χ3n) is 9.10. The van der Waals surface area contributed by atoms with Crippen LogP contribution in [0.5, 0.6) is 5.75 Å². The van der Waals surface area contributed by atoms with E-state index in [1.807, 2.05) is 0 Å². The summed E-state index contributed by atoms with van der Waals surface area (Å²) in [6.45, 7) is -0.150. The van der Waals surface area contributed by atoms with Crippen molar-refractivity contribution >= 4 is 47.3 Å². The number of unbranched alkanes of at least 4 members (excludes halogenated alkanes) is 1. The van der Waals surface area contributed by atoms with E-state index in [9.17, 15) is 48.6 Å². The lowest BCUT2D eigenvalue weighted by atomic mass is 10.0. The van der Waals surface area contributed by atoms with Gasteiger partial charge in [-0.25, -0.2) is 4.98 Å². The normalized spacial score (nSPS) is 16.1. The number of aliphatic carboxylic acids is 1. The fourth-order valence-electron chi connectivity index (χ4n) is 6.06. The van der Waals surface area contributed by atoms with Gasteiger partial charge in [0.05, 0.1) is 25.5 Å². The minimum Gasteiger partial charge on any atom is -0.508 e. The number of rotatable bonds is 23. The van der Waals surface area contributed by atoms with Crippen LogP contribution in [0, 0.1) is 0 Å². The first-order valence-corrected chi connectivity index (χ1v) is 18.7. The van der Waals surface area contributed by atoms with E-state index in [1.165, 1.54) is 48.6 Å². The van der Waals surface area contributed by atoms with Crippen LogP contribution in [0.2, 0.25) is 0 Å². The number of nitrogens with one attached hydrogen (secondary N) is 7. The van der Waals surface area contributed by atoms with E-state index in [0.29, 0.717) is 50.0 Å². The Morgan fingerprint density at radius 3 is 2.10 bits per heavy atom. The van der Waals surface area contributed by atoms with Gasteiger partial charge in [-0.3, -0.25) is 38.4 Å². The second-order valence-electron chi connectivity index (χ2n) is 13.7. The van der Waals surface area contributed by atoms with Crippen molar-refractivity contribution in [3.63, 3.8) is 0 Å². The van der Waals surface area contributed by atoms with Crippen molar-refractivity contribution in [1.29, 1.82) is 0 Å². The Balaban J connectivity index is 1.74. The first kappa shape index (κ1) is 46.3. The number of amides is 7. The first-order chi connectivity index (χ1) is 27.6. The third-order valence-corrected chi connectivity index (χ3v) is 9.10. The highest BCUT2D eigenvalue weighted by molar-refractivity contribution is 5.97. The number of aliphatic hydroxyl groups is 1. The average Bonchev–Trinajstić information content (AvgIpc) is 3.90. The number of nitrogens with zero attached hydrogens (tertiary/aromatic N) is 2. The number of nitrogens with two attached hydrogens (primary N) is 2. The highest BCUT2D eigenvalue weighted by Crippen LogP contribution is 2.18. The molecule has 22 heteroatoms. The number of imidazole rings is 1. The lowest BCUT2D eigenvalue weighted by Crippen LogP contribution is -2.59. The number of aromatic nitrogens is 2. The van der Waals surface area contributed by atoms with Gasteiger partial charge in [0.25, 0.3) is 0 Å². The highest BCUT2D eigenvalue weighted by atomic mass is 16.4. The van der Waals surface area contributed by atoms with E-state index in [0.717, 1.165) is 0 Å². The molecular formula is C36H53N11O11. The summed E-state index contributed by atoms with van der Waals surface area (Å²) in [5.74, 6) is -6.72. The minimum absolute atomic E-state index is 0.0555. The fourth-order valence-corrected chi connectivity index (χ4v) is 6.06. The van der Waals surface area contributed by atoms with E-state index < -0.39 is 103 Å². The van der Waals surface area contributed by atoms with Crippen LogP contribution in [0.4, 0.5) is 0 Å². The summed E-state index contributed by atoms with van der Waals surface area (Å²) in [7, 11) is 0. The van der Waals surface area contributed by atoms with Crippen molar-refractivity contribution in [1.82, 2.24) is 46.8 Å². The number of carbonyl (C=O) groups is 8. The molecule has 6 atom stereocenters. The van der Waals surface area contributed by atoms with Gasteiger partial charge in [-0.05, 0) is 63.3 Å². The molecule has 2 heterocycles. The topological polar surface area (TPSA) is 353 Å². The van der Waals surface area contributed by atoms with Crippen LogP contribution >= 0.6 is 0 Å². The number of aromatic hydroxyl groups is 1. The van der Waals surface area contributed by atoms with Crippen LogP contribution in [-0.2, 0) is 51.2 Å². The summed E-state index contributed by atoms with van der Waals surface area (Å²) in [5.41, 5.74) is 12.2. The number of hydrogen-bond acceptors (Lipinski definition) is 13. The number of benzene rings is 1. The second kappa shape index (κ2) is 23.2. The molecule has 6 unspecified atom stereocenters. The molecule has 14 N–H and O–H groups in total. The number of carboxylic acids is 1. The standard InChI is InChI=1S/C36H53N11O11/c1-20(38)36(58)47-12-4-6-28(47)35(57)46-27(18-48)32(54)40-16-29(50)43-26(14-22-15-39-19-42-22)34(56)45-25(13-21-7-9-23(49)10-8-21)33(55)44-24(5-2-3-11-37)31(53)41-17-30(51)52/h7-10,15,19-20,24-28,48-49H,2-6,11-14,16-18,37-38H2,1H3,(H,39,42)(H,40,54)(H,41,53)(H,43,50)(H,44,55)(H,45,56)(H,46,57)(H,51,52). The summed E-state index contributed by atoms with van der Waals surface area (Å²) in [5, 5.41) is 43.3. The summed E-state index contributed by atoms with van der Waals surface area (Å²) in [4.78, 5) is 111. The molecule has 7 amide bonds. The molecule has 1 aromatic heterocycles. The number of H-pyrrole nitrogens is 1. The van der Waals surface area contributed by atoms with Crippen molar-refractivity contribution in [2.24, 2.45) is 11.5 Å². The van der Waals surface area contributed by atoms with Crippen LogP contribution in [0.25, 0.3) is 0 Å². The predicted molar refractivity (Wildman–Crippen MR) is 204 cm³/mol. The zero-order chi connectivity index (χ0) is 42.8. The lowest BCUT2D eigenvalue weighted by Gasteiger charge is -2.27. The minimum atomic E-state index is -1.48. The van der Waals surface area contributed by atoms with Crippen molar-refractivity contribution < 1.29 is 53.7 Å². The SMILES string of the molecule is CC(N)C(=O)N1CCCC1C(=O)NC(CO)C(=O)NCC(=O)NC(Cc1cnc[nH]1)C(=O)NC(Cc1ccc(O)cc1)C(=O)NC(CCCCN)C(=O)NCC(=O)O. The van der Waals surface area contributed by atoms with E-state index in [4.69, 9.17) is 16.6 Å². The van der Waals surface area contributed by atoms with Gasteiger partial charge in [0.15, 0.2) is 0 Å². The molecule has 0 saturated carbocycles. The van der Waals surface area contributed by atoms with Gasteiger partial charge in [-0.15, -0.1) is 0 Å². The number of likely N-dealkylation sites (tertiary alicyclic amines) is 1. The van der Waals surface area contributed by atoms with E-state index in [1.54, 1.807) is 0 Å². The van der Waals surface area contributed by atoms with E-state index in [-0.39, 0.29) is 25.0 Å². The number of aliphatic hydroxyl groups excluding tert-OH is 1. The monoisotopic (exact) mass is 815 g/mol. The molecule has 1 saturated heterocycles. The number of carbonyl (C=O) groups excluding carboxylic acids is 7. The number of phenolic OH excluding ortho intramolecular Hbond substituents is 1. The Morgan fingerprint density at radius 2 is 1.50 bits per heavy atom. The average molecular weight is 816 g/mol. The Hall–Kier alpha value is -6.13. The quantitative estimate of drug-likeness (QED) is 0.0472. The van der Waals surface area contributed by atoms with Crippen LogP contribution in [0.1, 0.15) is 50.3 Å². The molecule has 0 spiro atoms. The van der Waals surface area contributed by atoms with Crippen molar-refractivity contribution in [3.05, 3.63) is 48.0 Å². The molecule has 0 aliphatic carbocycles. The molecule has 58 heavy (non-hydrogen) atoms. The van der Waals surface area contributed by atoms with E-state index >= 15 is 0 Å². The Morgan fingerprint density at radius 1 is 0.862 bits per heavy atom. The molecule has 318 valence electrons. The van der Waals surface area contributed by atoms with Gasteiger partial charge < -0.3 is 68.6 Å².